The van der Waals surface area contributed by atoms with E-state index < -0.39 is 19.6 Å². The minimum absolute atomic E-state index is 0.177. The molecule has 0 fully saturated rings. The molecule has 0 saturated carbocycles. The zero-order chi connectivity index (χ0) is 30.5. The lowest BCUT2D eigenvalue weighted by Gasteiger charge is -2.30. The van der Waals surface area contributed by atoms with E-state index in [9.17, 15) is 23.9 Å². The number of nitrogens with one attached hydrogen (secondary N) is 1. The number of nitrogens with zero attached hydrogens (tertiary/aromatic N) is 1. The molecule has 1 amide bonds. The van der Waals surface area contributed by atoms with Crippen molar-refractivity contribution in [1.29, 1.82) is 0 Å². The Labute approximate surface area is 245 Å². The van der Waals surface area contributed by atoms with Gasteiger partial charge in [0.1, 0.15) is 18.2 Å². The molecule has 1 aromatic heterocycles. The number of hydrogen-bond donors (Lipinski definition) is 3. The van der Waals surface area contributed by atoms with Gasteiger partial charge in [-0.15, -0.1) is 0 Å². The molecule has 9 nitrogen and oxygen atoms in total. The van der Waals surface area contributed by atoms with Crippen LogP contribution in [0, 0.1) is 6.92 Å². The molecule has 0 bridgehead atoms. The van der Waals surface area contributed by atoms with E-state index in [0.29, 0.717) is 33.1 Å². The zero-order valence-corrected chi connectivity index (χ0v) is 26.6. The molecule has 1 atom stereocenters. The van der Waals surface area contributed by atoms with Gasteiger partial charge >= 0.3 is 13.4 Å². The Hall–Kier alpha value is -2.03. The van der Waals surface area contributed by atoms with Crippen molar-refractivity contribution < 1.29 is 32.6 Å². The van der Waals surface area contributed by atoms with Crippen LogP contribution in [-0.4, -0.2) is 47.9 Å². The van der Waals surface area contributed by atoms with Crippen molar-refractivity contribution in [3.63, 3.8) is 0 Å². The third kappa shape index (κ3) is 14.1. The Balaban J connectivity index is 2.00. The first-order valence-corrected chi connectivity index (χ1v) is 16.7. The van der Waals surface area contributed by atoms with Gasteiger partial charge in [-0.2, -0.15) is 0 Å². The summed E-state index contributed by atoms with van der Waals surface area (Å²) in [6, 6.07) is 4.60. The molecule has 232 valence electrons. The summed E-state index contributed by atoms with van der Waals surface area (Å²) >= 11 is 0. The summed E-state index contributed by atoms with van der Waals surface area (Å²) in [5.74, 6) is -0.177. The Morgan fingerprint density at radius 1 is 0.927 bits per heavy atom. The van der Waals surface area contributed by atoms with Crippen LogP contribution < -0.4 is 10.9 Å². The van der Waals surface area contributed by atoms with Gasteiger partial charge < -0.3 is 24.0 Å². The molecule has 1 heterocycles. The standard InChI is InChI=1S/C31H51N2O7P/c1-6-7-8-9-10-11-12-13-14-15-16-17-18-19-30(34)32-27-21-25-24(2)20-31(35)39-28(25)22-26(27)29(23-33(3,4)5)40-41(36,37)38/h20-22,29H,6-19,23H2,1-5H3,(H2-,32,34,36,37,38)/p+1. The van der Waals surface area contributed by atoms with Crippen molar-refractivity contribution in [2.24, 2.45) is 0 Å². The number of carbonyl (C=O) groups is 1. The molecule has 2 aromatic rings. The van der Waals surface area contributed by atoms with E-state index in [-0.39, 0.29) is 18.0 Å². The highest BCUT2D eigenvalue weighted by Crippen LogP contribution is 2.45. The van der Waals surface area contributed by atoms with Crippen molar-refractivity contribution in [3.8, 4) is 0 Å². The van der Waals surface area contributed by atoms with Gasteiger partial charge in [0, 0.05) is 29.1 Å². The molecule has 0 aliphatic heterocycles. The monoisotopic (exact) mass is 595 g/mol. The third-order valence-electron chi connectivity index (χ3n) is 7.23. The lowest BCUT2D eigenvalue weighted by Crippen LogP contribution is -2.39. The summed E-state index contributed by atoms with van der Waals surface area (Å²) < 4.78 is 22.8. The van der Waals surface area contributed by atoms with Gasteiger partial charge in [0.05, 0.1) is 21.1 Å². The van der Waals surface area contributed by atoms with Gasteiger partial charge in [-0.25, -0.2) is 9.36 Å². The lowest BCUT2D eigenvalue weighted by molar-refractivity contribution is -0.874. The van der Waals surface area contributed by atoms with Crippen molar-refractivity contribution in [3.05, 3.63) is 39.7 Å². The first-order chi connectivity index (χ1) is 19.3. The Morgan fingerprint density at radius 3 is 1.98 bits per heavy atom. The number of phosphoric ester groups is 1. The second-order valence-electron chi connectivity index (χ2n) is 12.3. The highest BCUT2D eigenvalue weighted by Gasteiger charge is 2.31. The topological polar surface area (TPSA) is 126 Å². The highest BCUT2D eigenvalue weighted by molar-refractivity contribution is 7.46. The van der Waals surface area contributed by atoms with E-state index >= 15 is 0 Å². The van der Waals surface area contributed by atoms with Gasteiger partial charge in [-0.3, -0.25) is 9.32 Å². The number of hydrogen-bond acceptors (Lipinski definition) is 5. The van der Waals surface area contributed by atoms with Crippen LogP contribution in [0.1, 0.15) is 114 Å². The molecule has 10 heteroatoms. The van der Waals surface area contributed by atoms with Crippen LogP contribution in [0.15, 0.2) is 27.4 Å². The number of anilines is 1. The first kappa shape index (κ1) is 35.2. The molecule has 3 N–H and O–H groups in total. The third-order valence-corrected chi connectivity index (χ3v) is 7.76. The number of benzene rings is 1. The number of amides is 1. The lowest BCUT2D eigenvalue weighted by atomic mass is 10.0. The van der Waals surface area contributed by atoms with E-state index in [1.54, 1.807) is 19.1 Å². The Bertz CT molecular complexity index is 1200. The van der Waals surface area contributed by atoms with E-state index in [4.69, 9.17) is 8.94 Å². The maximum atomic E-state index is 13.0. The summed E-state index contributed by atoms with van der Waals surface area (Å²) in [7, 11) is 0.742. The minimum atomic E-state index is -4.87. The molecule has 0 spiro atoms. The van der Waals surface area contributed by atoms with Gasteiger partial charge in [-0.1, -0.05) is 84.0 Å². The Kier molecular flexibility index (Phi) is 14.7. The number of unbranched alkanes of at least 4 members (excludes halogenated alkanes) is 12. The van der Waals surface area contributed by atoms with Crippen LogP contribution in [0.2, 0.25) is 0 Å². The number of rotatable bonds is 20. The zero-order valence-electron chi connectivity index (χ0n) is 25.7. The van der Waals surface area contributed by atoms with Gasteiger partial charge in [0.25, 0.3) is 0 Å². The molecule has 0 saturated heterocycles. The molecule has 1 aromatic carbocycles. The molecular formula is C31H52N2O7P+. The van der Waals surface area contributed by atoms with Crippen molar-refractivity contribution in [1.82, 2.24) is 0 Å². The summed E-state index contributed by atoms with van der Waals surface area (Å²) in [4.78, 5) is 44.2. The molecule has 1 unspecified atom stereocenters. The van der Waals surface area contributed by atoms with Crippen LogP contribution >= 0.6 is 7.82 Å². The first-order valence-electron chi connectivity index (χ1n) is 15.2. The van der Waals surface area contributed by atoms with Crippen molar-refractivity contribution in [2.75, 3.05) is 33.0 Å². The number of phosphoric acid groups is 1. The molecule has 0 aliphatic carbocycles. The summed E-state index contributed by atoms with van der Waals surface area (Å²) in [5.41, 5.74) is 1.15. The molecule has 2 rings (SSSR count). The van der Waals surface area contributed by atoms with E-state index in [1.807, 2.05) is 21.1 Å². The summed E-state index contributed by atoms with van der Waals surface area (Å²) in [6.07, 6.45) is 15.2. The van der Waals surface area contributed by atoms with Crippen molar-refractivity contribution >= 4 is 30.4 Å². The number of likely N-dealkylation sites (N-methyl/N-ethyl adjacent to an activating group) is 1. The number of quaternary nitrogens is 1. The SMILES string of the molecule is CCCCCCCCCCCCCCCC(=O)Nc1cc2c(C)cc(=O)oc2cc1C(C[N+](C)(C)C)OP(=O)(O)O. The number of aryl methyl sites for hydroxylation is 1. The fourth-order valence-corrected chi connectivity index (χ4v) is 5.63. The second-order valence-corrected chi connectivity index (χ2v) is 13.5. The fraction of sp³-hybridized carbons (Fsp3) is 0.677. The van der Waals surface area contributed by atoms with E-state index in [2.05, 4.69) is 12.2 Å². The average Bonchev–Trinajstić information content (AvgIpc) is 2.84. The fourth-order valence-electron chi connectivity index (χ4n) is 5.12. The largest absolute Gasteiger partial charge is 0.470 e. The normalized spacial score (nSPS) is 13.0. The average molecular weight is 596 g/mol. The predicted molar refractivity (Wildman–Crippen MR) is 165 cm³/mol. The predicted octanol–water partition coefficient (Wildman–Crippen LogP) is 7.38. The quantitative estimate of drug-likeness (QED) is 0.0631. The van der Waals surface area contributed by atoms with E-state index in [1.165, 1.54) is 70.3 Å². The minimum Gasteiger partial charge on any atom is -0.423 e. The highest BCUT2D eigenvalue weighted by atomic mass is 31.2. The maximum absolute atomic E-state index is 13.0. The Morgan fingerprint density at radius 2 is 1.46 bits per heavy atom. The molecule has 0 radical (unpaired) electrons. The van der Waals surface area contributed by atoms with Gasteiger partial charge in [0.15, 0.2) is 0 Å². The second kappa shape index (κ2) is 17.2. The van der Waals surface area contributed by atoms with E-state index in [0.717, 1.165) is 19.3 Å². The van der Waals surface area contributed by atoms with Gasteiger partial charge in [0.2, 0.25) is 5.91 Å². The molecule has 41 heavy (non-hydrogen) atoms. The summed E-state index contributed by atoms with van der Waals surface area (Å²) in [5, 5.41) is 3.57. The van der Waals surface area contributed by atoms with Crippen LogP contribution in [0.5, 0.6) is 0 Å². The number of carbonyl (C=O) groups excluding carboxylic acids is 1. The smallest absolute Gasteiger partial charge is 0.423 e. The van der Waals surface area contributed by atoms with Gasteiger partial charge in [-0.05, 0) is 31.0 Å². The van der Waals surface area contributed by atoms with Crippen LogP contribution in [-0.2, 0) is 13.9 Å². The number of fused-ring (bicyclic) bond motifs is 1. The van der Waals surface area contributed by atoms with Crippen LogP contribution in [0.3, 0.4) is 0 Å². The van der Waals surface area contributed by atoms with Crippen LogP contribution in [0.4, 0.5) is 5.69 Å². The maximum Gasteiger partial charge on any atom is 0.470 e. The summed E-state index contributed by atoms with van der Waals surface area (Å²) in [6.45, 7) is 4.22. The molecular weight excluding hydrogens is 543 g/mol. The van der Waals surface area contributed by atoms with Crippen molar-refractivity contribution in [2.45, 2.75) is 110 Å². The molecule has 0 aliphatic rings. The van der Waals surface area contributed by atoms with Crippen LogP contribution in [0.25, 0.3) is 11.0 Å².